The summed E-state index contributed by atoms with van der Waals surface area (Å²) in [5.74, 6) is 0. The summed E-state index contributed by atoms with van der Waals surface area (Å²) in [7, 11) is 1.34. The van der Waals surface area contributed by atoms with Crippen LogP contribution in [0.3, 0.4) is 0 Å². The summed E-state index contributed by atoms with van der Waals surface area (Å²) < 4.78 is 8.54. The number of halogens is 1. The lowest BCUT2D eigenvalue weighted by Crippen LogP contribution is -1.86. The summed E-state index contributed by atoms with van der Waals surface area (Å²) in [5, 5.41) is 0. The summed E-state index contributed by atoms with van der Waals surface area (Å²) in [6.07, 6.45) is 0. The molecule has 6 heavy (non-hydrogen) atoms. The average Bonchev–Trinajstić information content (AvgIpc) is 1.61. The number of hydrogen-bond acceptors (Lipinski definition) is 1. The smallest absolute Gasteiger partial charge is 0.582 e. The molecule has 0 aromatic carbocycles. The summed E-state index contributed by atoms with van der Waals surface area (Å²) >= 11 is 5.04. The van der Waals surface area contributed by atoms with E-state index in [2.05, 4.69) is 15.3 Å². The third-order valence-corrected chi connectivity index (χ3v) is 0.556. The lowest BCUT2D eigenvalue weighted by Gasteiger charge is -1.84. The van der Waals surface area contributed by atoms with Crippen molar-refractivity contribution in [2.24, 2.45) is 0 Å². The Bertz CT molecular complexity index is 46.8. The molecule has 2 radical (unpaired) electrons. The molecule has 4 heteroatoms. The molecule has 0 atom stereocenters. The number of carbonyl (C=O) groups excluding carboxylic acids is 1. The SMILES string of the molecule is C[O+]=[C-]O[Si]Cl. The Kier molecular flexibility index (Phi) is 4.96. The van der Waals surface area contributed by atoms with E-state index in [1.807, 2.05) is 0 Å². The fraction of sp³-hybridized carbons (Fsp3) is 0.500. The topological polar surface area (TPSA) is 20.5 Å². The molecule has 0 bridgehead atoms. The first kappa shape index (κ1) is 5.98. The quantitative estimate of drug-likeness (QED) is 0.219. The highest BCUT2D eigenvalue weighted by Gasteiger charge is 1.77. The van der Waals surface area contributed by atoms with Gasteiger partial charge in [-0.15, -0.1) is 0 Å². The van der Waals surface area contributed by atoms with Gasteiger partial charge in [0.15, 0.2) is 0 Å². The van der Waals surface area contributed by atoms with E-state index < -0.39 is 0 Å². The van der Waals surface area contributed by atoms with Crippen LogP contribution in [0.15, 0.2) is 0 Å². The number of rotatable bonds is 2. The van der Waals surface area contributed by atoms with Crippen molar-refractivity contribution in [2.75, 3.05) is 7.11 Å². The van der Waals surface area contributed by atoms with Crippen LogP contribution < -0.4 is 0 Å². The fourth-order valence-electron chi connectivity index (χ4n) is 0.0574. The summed E-state index contributed by atoms with van der Waals surface area (Å²) in [6, 6.07) is 0. The predicted octanol–water partition coefficient (Wildman–Crippen LogP) is 0.00870. The highest BCUT2D eigenvalue weighted by molar-refractivity contribution is 6.90. The van der Waals surface area contributed by atoms with E-state index in [-0.39, 0.29) is 9.07 Å². The third-order valence-electron chi connectivity index (χ3n) is 0.164. The molecule has 0 rings (SSSR count). The second kappa shape index (κ2) is 4.98. The van der Waals surface area contributed by atoms with Crippen molar-refractivity contribution < 1.29 is 8.85 Å². The molecule has 0 saturated carbocycles. The fourth-order valence-corrected chi connectivity index (χ4v) is 0.267. The standard InChI is InChI=1S/C2H3ClO2Si/c1-4-2-5-6-3/h1H3. The van der Waals surface area contributed by atoms with Crippen molar-refractivity contribution in [1.29, 1.82) is 0 Å². The molecule has 0 aliphatic carbocycles. The Balaban J connectivity index is 2.66. The van der Waals surface area contributed by atoms with Crippen LogP contribution in [-0.4, -0.2) is 22.7 Å². The van der Waals surface area contributed by atoms with Crippen LogP contribution in [0.4, 0.5) is 0 Å². The maximum atomic E-state index is 5.04. The molecule has 0 unspecified atom stereocenters. The van der Waals surface area contributed by atoms with Crippen LogP contribution in [0.2, 0.25) is 0 Å². The molecule has 0 aromatic rings. The molecule has 34 valence electrons. The zero-order valence-corrected chi connectivity index (χ0v) is 4.95. The first-order valence-corrected chi connectivity index (χ1v) is 3.13. The van der Waals surface area contributed by atoms with Gasteiger partial charge >= 0.3 is 9.07 Å². The van der Waals surface area contributed by atoms with Gasteiger partial charge in [-0.05, 0) is 0 Å². The Hall–Kier alpha value is -0.0231. The minimum Gasteiger partial charge on any atom is -0.582 e. The van der Waals surface area contributed by atoms with Crippen molar-refractivity contribution >= 4 is 26.6 Å². The second-order valence-electron chi connectivity index (χ2n) is 0.467. The van der Waals surface area contributed by atoms with Crippen LogP contribution in [0.25, 0.3) is 0 Å². The van der Waals surface area contributed by atoms with Crippen LogP contribution in [-0.2, 0) is 8.85 Å². The van der Waals surface area contributed by atoms with Crippen molar-refractivity contribution in [3.63, 3.8) is 0 Å². The van der Waals surface area contributed by atoms with Crippen molar-refractivity contribution in [1.82, 2.24) is 0 Å². The maximum Gasteiger partial charge on any atom is 0.604 e. The van der Waals surface area contributed by atoms with E-state index in [0.717, 1.165) is 0 Å². The Morgan fingerprint density at radius 3 is 2.83 bits per heavy atom. The molecular formula is C2H3ClO2Si. The van der Waals surface area contributed by atoms with Crippen molar-refractivity contribution in [2.45, 2.75) is 0 Å². The van der Waals surface area contributed by atoms with E-state index in [1.165, 1.54) is 7.11 Å². The average molecular weight is 123 g/mol. The predicted molar refractivity (Wildman–Crippen MR) is 24.3 cm³/mol. The Morgan fingerprint density at radius 1 is 2.00 bits per heavy atom. The molecule has 0 spiro atoms. The van der Waals surface area contributed by atoms with E-state index in [9.17, 15) is 0 Å². The lowest BCUT2D eigenvalue weighted by atomic mass is 11.6. The zero-order valence-electron chi connectivity index (χ0n) is 3.19. The highest BCUT2D eigenvalue weighted by Crippen LogP contribution is 1.64. The maximum absolute atomic E-state index is 5.04. The zero-order chi connectivity index (χ0) is 4.83. The first-order chi connectivity index (χ1) is 2.91. The van der Waals surface area contributed by atoms with Gasteiger partial charge in [-0.1, -0.05) is 11.1 Å². The van der Waals surface area contributed by atoms with E-state index in [0.29, 0.717) is 0 Å². The van der Waals surface area contributed by atoms with Crippen LogP contribution in [0.5, 0.6) is 0 Å². The van der Waals surface area contributed by atoms with E-state index >= 15 is 0 Å². The summed E-state index contributed by atoms with van der Waals surface area (Å²) in [5.41, 5.74) is 0. The molecule has 0 aliphatic rings. The van der Waals surface area contributed by atoms with Gasteiger partial charge in [0.2, 0.25) is 0 Å². The second-order valence-corrected chi connectivity index (χ2v) is 1.29. The molecule has 0 N–H and O–H groups in total. The molecule has 0 aliphatic heterocycles. The van der Waals surface area contributed by atoms with Gasteiger partial charge in [0.05, 0.1) is 0 Å². The molecule has 0 heterocycles. The number of hydrogen-bond donors (Lipinski definition) is 0. The van der Waals surface area contributed by atoms with Crippen LogP contribution in [0, 0.1) is 0 Å². The Labute approximate surface area is 43.4 Å². The summed E-state index contributed by atoms with van der Waals surface area (Å²) in [4.78, 5) is 0. The molecular weight excluding hydrogens is 120 g/mol. The normalized spacial score (nSPS) is 9.67. The van der Waals surface area contributed by atoms with Gasteiger partial charge < -0.3 is 8.85 Å². The minimum atomic E-state index is -0.0993. The minimum absolute atomic E-state index is 0.0993. The monoisotopic (exact) mass is 122 g/mol. The van der Waals surface area contributed by atoms with Crippen LogP contribution >= 0.6 is 11.1 Å². The molecule has 0 aromatic heterocycles. The van der Waals surface area contributed by atoms with Crippen LogP contribution in [0.1, 0.15) is 0 Å². The van der Waals surface area contributed by atoms with Crippen molar-refractivity contribution in [3.05, 3.63) is 0 Å². The van der Waals surface area contributed by atoms with Gasteiger partial charge in [0, 0.05) is 0 Å². The molecule has 0 fully saturated rings. The van der Waals surface area contributed by atoms with Gasteiger partial charge in [0.1, 0.15) is 13.6 Å². The van der Waals surface area contributed by atoms with Crippen molar-refractivity contribution in [3.8, 4) is 0 Å². The van der Waals surface area contributed by atoms with Gasteiger partial charge in [-0.3, -0.25) is 0 Å². The van der Waals surface area contributed by atoms with E-state index in [4.69, 9.17) is 11.1 Å². The third kappa shape index (κ3) is 3.98. The summed E-state index contributed by atoms with van der Waals surface area (Å²) in [6.45, 7) is 2.08. The van der Waals surface area contributed by atoms with E-state index in [1.54, 1.807) is 0 Å². The Morgan fingerprint density at radius 2 is 2.67 bits per heavy atom. The lowest BCUT2D eigenvalue weighted by molar-refractivity contribution is 0.159. The molecule has 2 nitrogen and oxygen atoms in total. The first-order valence-electron chi connectivity index (χ1n) is 1.21. The largest absolute Gasteiger partial charge is 0.604 e. The van der Waals surface area contributed by atoms with Gasteiger partial charge in [0.25, 0.3) is 0 Å². The molecule has 0 saturated heterocycles. The highest BCUT2D eigenvalue weighted by atomic mass is 35.6. The van der Waals surface area contributed by atoms with Gasteiger partial charge in [-0.25, -0.2) is 0 Å². The van der Waals surface area contributed by atoms with Gasteiger partial charge in [-0.2, -0.15) is 0 Å². The molecule has 0 amide bonds.